The maximum Gasteiger partial charge on any atom is 2.00 e. The fourth-order valence-electron chi connectivity index (χ4n) is 6.24. The Morgan fingerprint density at radius 1 is 0.400 bits per heavy atom. The first-order valence-corrected chi connectivity index (χ1v) is 22.5. The summed E-state index contributed by atoms with van der Waals surface area (Å²) in [6.07, 6.45) is 21.7. The molecule has 0 bridgehead atoms. The van der Waals surface area contributed by atoms with Gasteiger partial charge in [-0.1, -0.05) is 164 Å². The molecule has 0 heterocycles. The predicted molar refractivity (Wildman–Crippen MR) is 220 cm³/mol. The Bertz CT molecular complexity index is 1740. The van der Waals surface area contributed by atoms with Crippen molar-refractivity contribution in [1.29, 1.82) is 0 Å². The number of rotatable bonds is 24. The van der Waals surface area contributed by atoms with Gasteiger partial charge in [-0.15, -0.1) is 0 Å². The van der Waals surface area contributed by atoms with Crippen LogP contribution in [0.3, 0.4) is 0 Å². The van der Waals surface area contributed by atoms with Gasteiger partial charge in [-0.25, -0.2) is 16.8 Å². The third-order valence-electron chi connectivity index (χ3n) is 9.22. The van der Waals surface area contributed by atoms with Gasteiger partial charge in [0.2, 0.25) is 0 Å². The van der Waals surface area contributed by atoms with Crippen molar-refractivity contribution in [1.82, 2.24) is 0 Å². The Labute approximate surface area is 361 Å². The third-order valence-corrected chi connectivity index (χ3v) is 11.0. The molecule has 0 fully saturated rings. The molecule has 296 valence electrons. The molecule has 55 heavy (non-hydrogen) atoms. The van der Waals surface area contributed by atoms with Crippen LogP contribution >= 0.6 is 0 Å². The Morgan fingerprint density at radius 3 is 1.00 bits per heavy atom. The van der Waals surface area contributed by atoms with Gasteiger partial charge in [-0.2, -0.15) is 0 Å². The van der Waals surface area contributed by atoms with Crippen molar-refractivity contribution < 1.29 is 35.4 Å². The number of ether oxygens (including phenoxy) is 2. The van der Waals surface area contributed by atoms with Crippen LogP contribution in [0.1, 0.15) is 128 Å². The normalized spacial score (nSPS) is 11.3. The molecule has 0 saturated heterocycles. The summed E-state index contributed by atoms with van der Waals surface area (Å²) in [7, 11) is -9.15. The van der Waals surface area contributed by atoms with E-state index < -0.39 is 20.2 Å². The molecular weight excluding hydrogens is 761 g/mol. The van der Waals surface area contributed by atoms with E-state index in [1.165, 1.54) is 126 Å². The van der Waals surface area contributed by atoms with Crippen molar-refractivity contribution >= 4 is 58.0 Å². The second-order valence-electron chi connectivity index (χ2n) is 13.7. The molecule has 0 amide bonds. The number of para-hydroxylation sites is 4. The molecule has 0 N–H and O–H groups in total. The zero-order valence-corrected chi connectivity index (χ0v) is 36.6. The van der Waals surface area contributed by atoms with E-state index in [1.807, 2.05) is 48.5 Å². The Kier molecular flexibility index (Phi) is 24.1. The van der Waals surface area contributed by atoms with Crippen molar-refractivity contribution in [2.45, 2.75) is 139 Å². The van der Waals surface area contributed by atoms with Crippen molar-refractivity contribution in [2.24, 2.45) is 0 Å². The van der Waals surface area contributed by atoms with Crippen LogP contribution in [0, 0.1) is 0 Å². The van der Waals surface area contributed by atoms with Crippen LogP contribution < -0.4 is 9.47 Å². The predicted octanol–water partition coefficient (Wildman–Crippen LogP) is 11.8. The SMILES string of the molecule is CCCCCCCCCCc1ccccc1Oc1ccccc1S(=O)(=O)[O-].CCCCCCCCCCc1ccccc1Oc1ccccc1S(=O)(=O)[O-].[Ca+2]. The first-order chi connectivity index (χ1) is 26.0. The summed E-state index contributed by atoms with van der Waals surface area (Å²) in [5.74, 6) is 1.37. The van der Waals surface area contributed by atoms with Gasteiger partial charge in [-0.3, -0.25) is 0 Å². The maximum absolute atomic E-state index is 11.4. The molecule has 0 unspecified atom stereocenters. The van der Waals surface area contributed by atoms with Crippen molar-refractivity contribution in [3.63, 3.8) is 0 Å². The third kappa shape index (κ3) is 19.0. The quantitative estimate of drug-likeness (QED) is 0.0388. The van der Waals surface area contributed by atoms with E-state index >= 15 is 0 Å². The minimum atomic E-state index is -4.58. The van der Waals surface area contributed by atoms with E-state index in [-0.39, 0.29) is 59.0 Å². The van der Waals surface area contributed by atoms with Gasteiger partial charge in [0.05, 0.1) is 9.79 Å². The largest absolute Gasteiger partial charge is 2.00 e. The van der Waals surface area contributed by atoms with Crippen LogP contribution in [0.5, 0.6) is 23.0 Å². The molecule has 0 radical (unpaired) electrons. The summed E-state index contributed by atoms with van der Waals surface area (Å²) in [5, 5.41) is 0. The monoisotopic (exact) mass is 818 g/mol. The van der Waals surface area contributed by atoms with Gasteiger partial charge in [0.1, 0.15) is 43.2 Å². The van der Waals surface area contributed by atoms with Crippen LogP contribution in [0.15, 0.2) is 107 Å². The number of hydrogen-bond acceptors (Lipinski definition) is 8. The number of unbranched alkanes of at least 4 members (excludes halogenated alkanes) is 14. The molecule has 0 atom stereocenters. The van der Waals surface area contributed by atoms with Gasteiger partial charge in [0, 0.05) is 0 Å². The molecule has 0 saturated carbocycles. The van der Waals surface area contributed by atoms with Crippen LogP contribution in [0.2, 0.25) is 0 Å². The Balaban J connectivity index is 0.000000373. The van der Waals surface area contributed by atoms with E-state index in [0.29, 0.717) is 11.5 Å². The van der Waals surface area contributed by atoms with Gasteiger partial charge in [-0.05, 0) is 73.2 Å². The first kappa shape index (κ1) is 48.7. The van der Waals surface area contributed by atoms with Crippen molar-refractivity contribution in [3.8, 4) is 23.0 Å². The van der Waals surface area contributed by atoms with Crippen molar-refractivity contribution in [2.75, 3.05) is 0 Å². The molecule has 0 aromatic heterocycles. The number of hydrogen-bond donors (Lipinski definition) is 0. The average Bonchev–Trinajstić information content (AvgIpc) is 3.15. The summed E-state index contributed by atoms with van der Waals surface area (Å²) in [5.41, 5.74) is 2.06. The molecule has 4 rings (SSSR count). The van der Waals surface area contributed by atoms with Crippen LogP contribution in [-0.2, 0) is 33.1 Å². The molecule has 0 spiro atoms. The van der Waals surface area contributed by atoms with E-state index in [9.17, 15) is 25.9 Å². The summed E-state index contributed by atoms with van der Waals surface area (Å²) >= 11 is 0. The minimum Gasteiger partial charge on any atom is -0.744 e. The van der Waals surface area contributed by atoms with E-state index in [0.717, 1.165) is 36.8 Å². The van der Waals surface area contributed by atoms with Crippen molar-refractivity contribution in [3.05, 3.63) is 108 Å². The maximum atomic E-state index is 11.4. The Morgan fingerprint density at radius 2 is 0.673 bits per heavy atom. The smallest absolute Gasteiger partial charge is 0.744 e. The van der Waals surface area contributed by atoms with Gasteiger partial charge < -0.3 is 18.6 Å². The summed E-state index contributed by atoms with van der Waals surface area (Å²) in [6.45, 7) is 4.45. The summed E-state index contributed by atoms with van der Waals surface area (Å²) in [4.78, 5) is -0.654. The van der Waals surface area contributed by atoms with E-state index in [4.69, 9.17) is 9.47 Å². The van der Waals surface area contributed by atoms with Gasteiger partial charge in [0.15, 0.2) is 0 Å². The fourth-order valence-corrected chi connectivity index (χ4v) is 7.44. The fraction of sp³-hybridized carbons (Fsp3) is 0.455. The molecule has 0 aliphatic heterocycles. The second-order valence-corrected chi connectivity index (χ2v) is 16.4. The zero-order chi connectivity index (χ0) is 39.1. The molecule has 0 aliphatic rings. The molecule has 4 aromatic rings. The average molecular weight is 819 g/mol. The first-order valence-electron chi connectivity index (χ1n) is 19.7. The van der Waals surface area contributed by atoms with E-state index in [1.54, 1.807) is 12.1 Å². The number of aryl methyl sites for hydroxylation is 2. The van der Waals surface area contributed by atoms with Crippen LogP contribution in [0.4, 0.5) is 0 Å². The molecule has 8 nitrogen and oxygen atoms in total. The summed E-state index contributed by atoms with van der Waals surface area (Å²) < 4.78 is 80.2. The van der Waals surface area contributed by atoms with Gasteiger partial charge >= 0.3 is 37.7 Å². The Hall–Kier alpha value is -2.44. The van der Waals surface area contributed by atoms with E-state index in [2.05, 4.69) is 13.8 Å². The minimum absolute atomic E-state index is 0. The van der Waals surface area contributed by atoms with Gasteiger partial charge in [0.25, 0.3) is 0 Å². The molecule has 0 aliphatic carbocycles. The number of benzene rings is 4. The standard InChI is InChI=1S/2C22H30O4S.Ca/c2*1-2-3-4-5-6-7-8-9-14-19-15-10-11-16-20(19)26-21-17-12-13-18-22(21)27(23,24)25;/h2*10-13,15-18H,2-9,14H2,1H3,(H,23,24,25);/q;;+2/p-2. The molecule has 11 heteroatoms. The summed E-state index contributed by atoms with van der Waals surface area (Å²) in [6, 6.07) is 27.1. The zero-order valence-electron chi connectivity index (χ0n) is 32.8. The molecular formula is C44H58CaO8S2. The topological polar surface area (TPSA) is 133 Å². The van der Waals surface area contributed by atoms with Crippen LogP contribution in [0.25, 0.3) is 0 Å². The molecule has 4 aromatic carbocycles. The second kappa shape index (κ2) is 27.2. The van der Waals surface area contributed by atoms with Crippen LogP contribution in [-0.4, -0.2) is 63.7 Å².